The smallest absolute Gasteiger partial charge is 0.265 e. The summed E-state index contributed by atoms with van der Waals surface area (Å²) in [6.07, 6.45) is -3.31. The quantitative estimate of drug-likeness (QED) is 0.596. The summed E-state index contributed by atoms with van der Waals surface area (Å²) in [6, 6.07) is 8.17. The molecule has 2 atom stereocenters. The zero-order valence-electron chi connectivity index (χ0n) is 7.70. The number of imide groups is 1. The summed E-state index contributed by atoms with van der Waals surface area (Å²) in [5, 5.41) is 18.4. The number of hydrogen-bond donors (Lipinski definition) is 2. The molecule has 0 radical (unpaired) electrons. The third-order valence-electron chi connectivity index (χ3n) is 2.26. The van der Waals surface area contributed by atoms with Crippen LogP contribution in [0.25, 0.3) is 0 Å². The molecule has 1 heterocycles. The molecule has 15 heavy (non-hydrogen) atoms. The zero-order valence-corrected chi connectivity index (χ0v) is 7.70. The first-order valence-electron chi connectivity index (χ1n) is 4.42. The van der Waals surface area contributed by atoms with Crippen LogP contribution in [0.3, 0.4) is 0 Å². The number of anilines is 1. The van der Waals surface area contributed by atoms with Crippen molar-refractivity contribution in [3.63, 3.8) is 0 Å². The van der Waals surface area contributed by atoms with Crippen LogP contribution in [0.5, 0.6) is 0 Å². The van der Waals surface area contributed by atoms with Crippen LogP contribution in [0.1, 0.15) is 0 Å². The fraction of sp³-hybridized carbons (Fsp3) is 0.200. The van der Waals surface area contributed by atoms with Gasteiger partial charge in [0.05, 0.1) is 5.69 Å². The Bertz CT molecular complexity index is 383. The van der Waals surface area contributed by atoms with Gasteiger partial charge in [-0.3, -0.25) is 9.59 Å². The summed E-state index contributed by atoms with van der Waals surface area (Å²) in [7, 11) is 0. The maximum Gasteiger partial charge on any atom is 0.265 e. The van der Waals surface area contributed by atoms with Gasteiger partial charge in [0, 0.05) is 0 Å². The van der Waals surface area contributed by atoms with E-state index in [0.29, 0.717) is 5.69 Å². The van der Waals surface area contributed by atoms with Gasteiger partial charge in [-0.05, 0) is 12.1 Å². The lowest BCUT2D eigenvalue weighted by molar-refractivity contribution is -0.129. The summed E-state index contributed by atoms with van der Waals surface area (Å²) in [5.74, 6) is -1.59. The van der Waals surface area contributed by atoms with Gasteiger partial charge in [0.1, 0.15) is 0 Å². The molecule has 2 amide bonds. The lowest BCUT2D eigenvalue weighted by atomic mass is 10.2. The minimum absolute atomic E-state index is 0.350. The SMILES string of the molecule is O=C1[C@@H](O)[C@@H](O)C(=O)N1c1ccccc1. The van der Waals surface area contributed by atoms with E-state index < -0.39 is 24.0 Å². The summed E-state index contributed by atoms with van der Waals surface area (Å²) >= 11 is 0. The number of rotatable bonds is 1. The highest BCUT2D eigenvalue weighted by atomic mass is 16.4. The first-order chi connectivity index (χ1) is 7.13. The highest BCUT2D eigenvalue weighted by molar-refractivity contribution is 6.24. The van der Waals surface area contributed by atoms with E-state index in [-0.39, 0.29) is 0 Å². The van der Waals surface area contributed by atoms with E-state index in [1.807, 2.05) is 0 Å². The molecule has 1 saturated heterocycles. The van der Waals surface area contributed by atoms with Crippen LogP contribution < -0.4 is 4.90 Å². The van der Waals surface area contributed by atoms with E-state index in [1.54, 1.807) is 30.3 Å². The van der Waals surface area contributed by atoms with E-state index in [9.17, 15) is 19.8 Å². The standard InChI is InChI=1S/C10H9NO4/c12-7-8(13)10(15)11(9(7)14)6-4-2-1-3-5-6/h1-5,7-8,12-13H/t7-,8+. The third-order valence-corrected chi connectivity index (χ3v) is 2.26. The van der Waals surface area contributed by atoms with E-state index in [1.165, 1.54) is 0 Å². The monoisotopic (exact) mass is 207 g/mol. The number of hydrogen-bond acceptors (Lipinski definition) is 4. The molecule has 1 aromatic carbocycles. The Morgan fingerprint density at radius 3 is 1.87 bits per heavy atom. The number of aliphatic hydroxyl groups is 2. The Balaban J connectivity index is 2.39. The minimum atomic E-state index is -1.65. The third kappa shape index (κ3) is 1.42. The van der Waals surface area contributed by atoms with Gasteiger partial charge in [-0.15, -0.1) is 0 Å². The van der Waals surface area contributed by atoms with Crippen molar-refractivity contribution in [2.75, 3.05) is 4.90 Å². The second-order valence-corrected chi connectivity index (χ2v) is 3.24. The van der Waals surface area contributed by atoms with Crippen LogP contribution in [0, 0.1) is 0 Å². The van der Waals surface area contributed by atoms with E-state index >= 15 is 0 Å². The first-order valence-corrected chi connectivity index (χ1v) is 4.42. The predicted octanol–water partition coefficient (Wildman–Crippen LogP) is -0.718. The van der Waals surface area contributed by atoms with Gasteiger partial charge in [0.15, 0.2) is 12.2 Å². The second kappa shape index (κ2) is 3.45. The Kier molecular flexibility index (Phi) is 2.26. The molecule has 1 aromatic rings. The van der Waals surface area contributed by atoms with Gasteiger partial charge in [0.25, 0.3) is 11.8 Å². The summed E-state index contributed by atoms with van der Waals surface area (Å²) < 4.78 is 0. The molecular formula is C10H9NO4. The summed E-state index contributed by atoms with van der Waals surface area (Å²) in [4.78, 5) is 23.6. The molecule has 0 unspecified atom stereocenters. The summed E-state index contributed by atoms with van der Waals surface area (Å²) in [5.41, 5.74) is 0.350. The van der Waals surface area contributed by atoms with Crippen molar-refractivity contribution in [3.8, 4) is 0 Å². The van der Waals surface area contributed by atoms with Crippen molar-refractivity contribution in [2.24, 2.45) is 0 Å². The zero-order chi connectivity index (χ0) is 11.0. The molecular weight excluding hydrogens is 198 g/mol. The van der Waals surface area contributed by atoms with Crippen molar-refractivity contribution in [1.82, 2.24) is 0 Å². The number of carbonyl (C=O) groups is 2. The molecule has 1 aliphatic heterocycles. The number of para-hydroxylation sites is 1. The fourth-order valence-electron chi connectivity index (χ4n) is 1.47. The molecule has 0 saturated carbocycles. The molecule has 0 bridgehead atoms. The van der Waals surface area contributed by atoms with Crippen LogP contribution in [0.4, 0.5) is 5.69 Å². The van der Waals surface area contributed by atoms with Gasteiger partial charge in [-0.1, -0.05) is 18.2 Å². The maximum absolute atomic E-state index is 11.4. The fourth-order valence-corrected chi connectivity index (χ4v) is 1.47. The average molecular weight is 207 g/mol. The van der Waals surface area contributed by atoms with Crippen LogP contribution >= 0.6 is 0 Å². The Hall–Kier alpha value is -1.72. The minimum Gasteiger partial charge on any atom is -0.380 e. The lowest BCUT2D eigenvalue weighted by Crippen LogP contribution is -2.31. The van der Waals surface area contributed by atoms with Gasteiger partial charge in [-0.2, -0.15) is 0 Å². The molecule has 1 fully saturated rings. The molecule has 1 aliphatic rings. The largest absolute Gasteiger partial charge is 0.380 e. The number of nitrogens with zero attached hydrogens (tertiary/aromatic N) is 1. The highest BCUT2D eigenvalue weighted by Gasteiger charge is 2.46. The normalized spacial score (nSPS) is 26.1. The van der Waals surface area contributed by atoms with Crippen LogP contribution in [-0.4, -0.2) is 34.2 Å². The van der Waals surface area contributed by atoms with Crippen LogP contribution in [-0.2, 0) is 9.59 Å². The Labute approximate surface area is 85.6 Å². The number of carbonyl (C=O) groups excluding carboxylic acids is 2. The predicted molar refractivity (Wildman–Crippen MR) is 50.9 cm³/mol. The molecule has 0 aliphatic carbocycles. The lowest BCUT2D eigenvalue weighted by Gasteiger charge is -2.12. The molecule has 0 spiro atoms. The first kappa shape index (κ1) is 9.82. The van der Waals surface area contributed by atoms with Crippen molar-refractivity contribution in [3.05, 3.63) is 30.3 Å². The van der Waals surface area contributed by atoms with Crippen molar-refractivity contribution < 1.29 is 19.8 Å². The molecule has 2 N–H and O–H groups in total. The van der Waals surface area contributed by atoms with E-state index in [4.69, 9.17) is 0 Å². The second-order valence-electron chi connectivity index (χ2n) is 3.24. The van der Waals surface area contributed by atoms with Gasteiger partial charge in [-0.25, -0.2) is 4.90 Å². The van der Waals surface area contributed by atoms with Gasteiger partial charge < -0.3 is 10.2 Å². The van der Waals surface area contributed by atoms with E-state index in [2.05, 4.69) is 0 Å². The number of amides is 2. The molecule has 0 aromatic heterocycles. The van der Waals surface area contributed by atoms with Crippen LogP contribution in [0.2, 0.25) is 0 Å². The average Bonchev–Trinajstić information content (AvgIpc) is 2.45. The Morgan fingerprint density at radius 1 is 0.933 bits per heavy atom. The van der Waals surface area contributed by atoms with Crippen LogP contribution in [0.15, 0.2) is 30.3 Å². The van der Waals surface area contributed by atoms with Crippen molar-refractivity contribution in [2.45, 2.75) is 12.2 Å². The maximum atomic E-state index is 11.4. The molecule has 5 heteroatoms. The van der Waals surface area contributed by atoms with Gasteiger partial charge in [0.2, 0.25) is 0 Å². The molecule has 5 nitrogen and oxygen atoms in total. The molecule has 78 valence electrons. The molecule has 2 rings (SSSR count). The van der Waals surface area contributed by atoms with Crippen molar-refractivity contribution in [1.29, 1.82) is 0 Å². The Morgan fingerprint density at radius 2 is 1.40 bits per heavy atom. The number of aliphatic hydroxyl groups excluding tert-OH is 2. The topological polar surface area (TPSA) is 77.8 Å². The van der Waals surface area contributed by atoms with Gasteiger partial charge >= 0.3 is 0 Å². The highest BCUT2D eigenvalue weighted by Crippen LogP contribution is 2.22. The van der Waals surface area contributed by atoms with E-state index in [0.717, 1.165) is 4.90 Å². The van der Waals surface area contributed by atoms with Crippen molar-refractivity contribution >= 4 is 17.5 Å². The number of benzene rings is 1. The summed E-state index contributed by atoms with van der Waals surface area (Å²) in [6.45, 7) is 0.